The van der Waals surface area contributed by atoms with Crippen LogP contribution >= 0.6 is 27.3 Å². The summed E-state index contributed by atoms with van der Waals surface area (Å²) in [7, 11) is 5.81. The molecule has 0 saturated carbocycles. The average molecular weight is 617 g/mol. The summed E-state index contributed by atoms with van der Waals surface area (Å²) >= 11 is 4.86. The standard InChI is InChI=1S/C28H30BrN3O6S/c1-15-22(25(33)37-5)24(23(26(34)38-6)28(2,32-15)16-10-8-7-9-11-16)31-27-30-19(14-39-27)17-12-18(29)21(36-4)13-20(17)35-3/h7-14,23-24,32H,1-6H3,(H,30,31). The zero-order chi connectivity index (χ0) is 28.3. The van der Waals surface area contributed by atoms with Crippen molar-refractivity contribution in [3.05, 3.63) is 69.2 Å². The van der Waals surface area contributed by atoms with E-state index in [0.29, 0.717) is 33.6 Å². The molecule has 0 spiro atoms. The smallest absolute Gasteiger partial charge is 0.337 e. The van der Waals surface area contributed by atoms with Crippen LogP contribution in [0.2, 0.25) is 0 Å². The topological polar surface area (TPSA) is 108 Å². The van der Waals surface area contributed by atoms with Crippen LogP contribution in [0.15, 0.2) is 63.6 Å². The van der Waals surface area contributed by atoms with E-state index in [0.717, 1.165) is 15.6 Å². The summed E-state index contributed by atoms with van der Waals surface area (Å²) in [5, 5.41) is 9.15. The lowest BCUT2D eigenvalue weighted by Gasteiger charge is -2.46. The molecule has 2 heterocycles. The maximum absolute atomic E-state index is 13.4. The van der Waals surface area contributed by atoms with Gasteiger partial charge in [-0.25, -0.2) is 9.78 Å². The molecular weight excluding hydrogens is 586 g/mol. The lowest BCUT2D eigenvalue weighted by Crippen LogP contribution is -2.60. The minimum Gasteiger partial charge on any atom is -0.496 e. The van der Waals surface area contributed by atoms with E-state index in [2.05, 4.69) is 26.6 Å². The highest BCUT2D eigenvalue weighted by atomic mass is 79.9. The van der Waals surface area contributed by atoms with Crippen LogP contribution < -0.4 is 20.1 Å². The molecule has 4 rings (SSSR count). The number of methoxy groups -OCH3 is 4. The molecule has 1 aliphatic heterocycles. The maximum Gasteiger partial charge on any atom is 0.337 e. The van der Waals surface area contributed by atoms with Crippen molar-refractivity contribution in [3.8, 4) is 22.8 Å². The molecular formula is C28H30BrN3O6S. The fourth-order valence-corrected chi connectivity index (χ4v) is 6.26. The first-order chi connectivity index (χ1) is 18.7. The first-order valence-electron chi connectivity index (χ1n) is 12.0. The Morgan fingerprint density at radius 1 is 1.05 bits per heavy atom. The molecule has 0 radical (unpaired) electrons. The average Bonchev–Trinajstić information content (AvgIpc) is 3.41. The van der Waals surface area contributed by atoms with E-state index >= 15 is 0 Å². The molecule has 2 aromatic carbocycles. The molecule has 3 atom stereocenters. The van der Waals surface area contributed by atoms with Gasteiger partial charge in [0.15, 0.2) is 5.13 Å². The number of carbonyl (C=O) groups is 2. The van der Waals surface area contributed by atoms with Crippen LogP contribution in [0.5, 0.6) is 11.5 Å². The van der Waals surface area contributed by atoms with Crippen LogP contribution in [-0.4, -0.2) is 51.4 Å². The largest absolute Gasteiger partial charge is 0.496 e. The van der Waals surface area contributed by atoms with Gasteiger partial charge in [0.2, 0.25) is 0 Å². The maximum atomic E-state index is 13.4. The van der Waals surface area contributed by atoms with Gasteiger partial charge in [-0.05, 0) is 41.4 Å². The number of nitrogens with zero attached hydrogens (tertiary/aromatic N) is 1. The molecule has 3 aromatic rings. The normalized spacial score (nSPS) is 20.6. The Hall–Kier alpha value is -3.57. The number of anilines is 1. The monoisotopic (exact) mass is 615 g/mol. The molecule has 206 valence electrons. The summed E-state index contributed by atoms with van der Waals surface area (Å²) in [6.07, 6.45) is 0. The summed E-state index contributed by atoms with van der Waals surface area (Å²) in [4.78, 5) is 31.2. The van der Waals surface area contributed by atoms with E-state index in [9.17, 15) is 9.59 Å². The van der Waals surface area contributed by atoms with E-state index < -0.39 is 29.4 Å². The van der Waals surface area contributed by atoms with Crippen LogP contribution in [0.25, 0.3) is 11.3 Å². The number of thiazole rings is 1. The van der Waals surface area contributed by atoms with Crippen molar-refractivity contribution in [3.63, 3.8) is 0 Å². The number of halogens is 1. The Morgan fingerprint density at radius 3 is 2.36 bits per heavy atom. The number of nitrogens with one attached hydrogen (secondary N) is 2. The molecule has 0 amide bonds. The van der Waals surface area contributed by atoms with E-state index in [1.54, 1.807) is 27.2 Å². The number of rotatable bonds is 8. The highest BCUT2D eigenvalue weighted by molar-refractivity contribution is 9.10. The second-order valence-corrected chi connectivity index (χ2v) is 10.8. The van der Waals surface area contributed by atoms with Crippen molar-refractivity contribution >= 4 is 44.3 Å². The highest BCUT2D eigenvalue weighted by Gasteiger charge is 2.52. The van der Waals surface area contributed by atoms with Crippen molar-refractivity contribution in [1.29, 1.82) is 0 Å². The summed E-state index contributed by atoms with van der Waals surface area (Å²) in [6.45, 7) is 3.71. The SMILES string of the molecule is COC(=O)C1=C(C)NC(C)(c2ccccc2)C(C(=O)OC)C1Nc1nc(-c2cc(Br)c(OC)cc2OC)cs1. The quantitative estimate of drug-likeness (QED) is 0.334. The highest BCUT2D eigenvalue weighted by Crippen LogP contribution is 2.43. The van der Waals surface area contributed by atoms with Gasteiger partial charge in [0, 0.05) is 22.7 Å². The van der Waals surface area contributed by atoms with Crippen LogP contribution in [0, 0.1) is 5.92 Å². The lowest BCUT2D eigenvalue weighted by molar-refractivity contribution is -0.149. The van der Waals surface area contributed by atoms with Gasteiger partial charge >= 0.3 is 11.9 Å². The number of hydrogen-bond acceptors (Lipinski definition) is 10. The summed E-state index contributed by atoms with van der Waals surface area (Å²) in [5.41, 5.74) is 2.24. The molecule has 11 heteroatoms. The number of esters is 2. The van der Waals surface area contributed by atoms with E-state index in [-0.39, 0.29) is 0 Å². The van der Waals surface area contributed by atoms with Crippen molar-refractivity contribution < 1.29 is 28.5 Å². The Kier molecular flexibility index (Phi) is 8.51. The number of aromatic nitrogens is 1. The van der Waals surface area contributed by atoms with E-state index in [4.69, 9.17) is 23.9 Å². The third-order valence-electron chi connectivity index (χ3n) is 6.88. The van der Waals surface area contributed by atoms with Gasteiger partial charge in [-0.15, -0.1) is 11.3 Å². The third-order valence-corrected chi connectivity index (χ3v) is 8.28. The number of hydrogen-bond donors (Lipinski definition) is 2. The predicted molar refractivity (Wildman–Crippen MR) is 153 cm³/mol. The van der Waals surface area contributed by atoms with E-state index in [1.807, 2.05) is 48.7 Å². The first-order valence-corrected chi connectivity index (χ1v) is 13.7. The van der Waals surface area contributed by atoms with Crippen molar-refractivity contribution in [2.75, 3.05) is 33.8 Å². The summed E-state index contributed by atoms with van der Waals surface area (Å²) in [5.74, 6) is -0.677. The second-order valence-electron chi connectivity index (χ2n) is 9.07. The van der Waals surface area contributed by atoms with Gasteiger partial charge in [-0.3, -0.25) is 4.79 Å². The van der Waals surface area contributed by atoms with Gasteiger partial charge in [-0.2, -0.15) is 0 Å². The van der Waals surface area contributed by atoms with Crippen LogP contribution in [-0.2, 0) is 24.6 Å². The van der Waals surface area contributed by atoms with Gasteiger partial charge in [0.25, 0.3) is 0 Å². The Bertz CT molecular complexity index is 1410. The predicted octanol–water partition coefficient (Wildman–Crippen LogP) is 5.13. The summed E-state index contributed by atoms with van der Waals surface area (Å²) < 4.78 is 22.1. The molecule has 39 heavy (non-hydrogen) atoms. The molecule has 1 aromatic heterocycles. The minimum atomic E-state index is -0.905. The first kappa shape index (κ1) is 28.4. The zero-order valence-corrected chi connectivity index (χ0v) is 24.9. The number of benzene rings is 2. The number of ether oxygens (including phenoxy) is 4. The Morgan fingerprint density at radius 2 is 1.74 bits per heavy atom. The minimum absolute atomic E-state index is 0.294. The summed E-state index contributed by atoms with van der Waals surface area (Å²) in [6, 6.07) is 12.4. The molecule has 0 bridgehead atoms. The van der Waals surface area contributed by atoms with E-state index in [1.165, 1.54) is 25.6 Å². The van der Waals surface area contributed by atoms with Crippen molar-refractivity contribution in [2.24, 2.45) is 5.92 Å². The second kappa shape index (κ2) is 11.7. The van der Waals surface area contributed by atoms with Crippen LogP contribution in [0.1, 0.15) is 19.4 Å². The fourth-order valence-electron chi connectivity index (χ4n) is 5.01. The molecule has 0 aliphatic carbocycles. The van der Waals surface area contributed by atoms with Gasteiger partial charge < -0.3 is 29.6 Å². The number of allylic oxidation sites excluding steroid dienone is 1. The van der Waals surface area contributed by atoms with Crippen molar-refractivity contribution in [2.45, 2.75) is 25.4 Å². The Labute approximate surface area is 239 Å². The zero-order valence-electron chi connectivity index (χ0n) is 22.5. The van der Waals surface area contributed by atoms with Crippen molar-refractivity contribution in [1.82, 2.24) is 10.3 Å². The van der Waals surface area contributed by atoms with Gasteiger partial charge in [0.1, 0.15) is 17.4 Å². The molecule has 9 nitrogen and oxygen atoms in total. The molecule has 1 aliphatic rings. The lowest BCUT2D eigenvalue weighted by atomic mass is 9.70. The van der Waals surface area contributed by atoms with Crippen LogP contribution in [0.4, 0.5) is 5.13 Å². The fraction of sp³-hybridized carbons (Fsp3) is 0.321. The molecule has 0 saturated heterocycles. The van der Waals surface area contributed by atoms with Crippen LogP contribution in [0.3, 0.4) is 0 Å². The Balaban J connectivity index is 1.81. The third kappa shape index (κ3) is 5.33. The number of carbonyl (C=O) groups excluding carboxylic acids is 2. The van der Waals surface area contributed by atoms with Gasteiger partial charge in [0.05, 0.1) is 55.8 Å². The molecule has 2 N–H and O–H groups in total. The molecule has 0 fully saturated rings. The van der Waals surface area contributed by atoms with Gasteiger partial charge in [-0.1, -0.05) is 30.3 Å². The molecule has 3 unspecified atom stereocenters.